The third-order valence-corrected chi connectivity index (χ3v) is 4.27. The van der Waals surface area contributed by atoms with Crippen LogP contribution in [0.1, 0.15) is 18.4 Å². The summed E-state index contributed by atoms with van der Waals surface area (Å²) in [6, 6.07) is 5.69. The Bertz CT molecular complexity index is 668. The van der Waals surface area contributed by atoms with E-state index in [9.17, 15) is 5.11 Å². The van der Waals surface area contributed by atoms with Gasteiger partial charge in [-0.25, -0.2) is 9.97 Å². The van der Waals surface area contributed by atoms with E-state index in [4.69, 9.17) is 11.6 Å². The van der Waals surface area contributed by atoms with Crippen LogP contribution >= 0.6 is 11.6 Å². The fraction of sp³-hybridized carbons (Fsp3) is 0.438. The highest BCUT2D eigenvalue weighted by Gasteiger charge is 2.19. The lowest BCUT2D eigenvalue weighted by molar-refractivity contribution is 0.154. The molecular formula is C16H20ClN5O. The molecule has 1 saturated heterocycles. The average molecular weight is 334 g/mol. The van der Waals surface area contributed by atoms with Gasteiger partial charge in [-0.05, 0) is 25.0 Å². The second-order valence-corrected chi connectivity index (χ2v) is 6.12. The van der Waals surface area contributed by atoms with Gasteiger partial charge in [-0.15, -0.1) is 0 Å². The number of pyridine rings is 1. The first-order chi connectivity index (χ1) is 11.1. The average Bonchev–Trinajstić information content (AvgIpc) is 2.57. The summed E-state index contributed by atoms with van der Waals surface area (Å²) in [6.07, 6.45) is 4.97. The number of hydrogen-bond acceptors (Lipinski definition) is 6. The summed E-state index contributed by atoms with van der Waals surface area (Å²) in [5.74, 6) is 1.47. The Labute approximate surface area is 140 Å². The lowest BCUT2D eigenvalue weighted by atomic mass is 10.1. The van der Waals surface area contributed by atoms with Crippen molar-refractivity contribution in [3.05, 3.63) is 41.3 Å². The minimum atomic E-state index is -0.283. The van der Waals surface area contributed by atoms with E-state index in [0.717, 1.165) is 30.8 Å². The predicted molar refractivity (Wildman–Crippen MR) is 90.8 cm³/mol. The number of halogens is 1. The van der Waals surface area contributed by atoms with Crippen molar-refractivity contribution >= 4 is 23.4 Å². The van der Waals surface area contributed by atoms with Crippen LogP contribution in [0.5, 0.6) is 0 Å². The number of β-amino-alcohol motifs (C(OH)–C–C–N with tert-alkyl or cyclic N) is 1. The lowest BCUT2D eigenvalue weighted by Crippen LogP contribution is -2.38. The van der Waals surface area contributed by atoms with Crippen LogP contribution in [0.4, 0.5) is 11.8 Å². The minimum Gasteiger partial charge on any atom is -0.391 e. The summed E-state index contributed by atoms with van der Waals surface area (Å²) in [6.45, 7) is 2.11. The number of piperidine rings is 1. The second-order valence-electron chi connectivity index (χ2n) is 5.77. The largest absolute Gasteiger partial charge is 0.391 e. The smallest absolute Gasteiger partial charge is 0.227 e. The van der Waals surface area contributed by atoms with Crippen molar-refractivity contribution in [3.8, 4) is 0 Å². The van der Waals surface area contributed by atoms with Crippen LogP contribution in [0.15, 0.2) is 30.6 Å². The van der Waals surface area contributed by atoms with E-state index in [0.29, 0.717) is 24.2 Å². The maximum Gasteiger partial charge on any atom is 0.227 e. The molecule has 0 radical (unpaired) electrons. The van der Waals surface area contributed by atoms with Crippen molar-refractivity contribution in [2.24, 2.45) is 0 Å². The van der Waals surface area contributed by atoms with Crippen molar-refractivity contribution in [2.75, 3.05) is 29.9 Å². The Morgan fingerprint density at radius 1 is 1.35 bits per heavy atom. The first-order valence-corrected chi connectivity index (χ1v) is 8.08. The first kappa shape index (κ1) is 16.0. The molecule has 6 nitrogen and oxygen atoms in total. The van der Waals surface area contributed by atoms with E-state index >= 15 is 0 Å². The molecule has 1 aliphatic heterocycles. The lowest BCUT2D eigenvalue weighted by Gasteiger charge is -2.31. The third kappa shape index (κ3) is 3.89. The molecule has 2 aromatic rings. The van der Waals surface area contributed by atoms with Crippen LogP contribution in [0.3, 0.4) is 0 Å². The molecule has 1 atom stereocenters. The Morgan fingerprint density at radius 2 is 2.22 bits per heavy atom. The number of anilines is 2. The number of rotatable bonds is 4. The number of aliphatic hydroxyl groups is 1. The van der Waals surface area contributed by atoms with Crippen LogP contribution in [0, 0.1) is 0 Å². The molecule has 0 unspecified atom stereocenters. The normalized spacial score (nSPS) is 18.0. The fourth-order valence-corrected chi connectivity index (χ4v) is 2.90. The molecule has 1 aliphatic rings. The summed E-state index contributed by atoms with van der Waals surface area (Å²) in [7, 11) is 1.92. The van der Waals surface area contributed by atoms with E-state index in [1.165, 1.54) is 0 Å². The molecule has 23 heavy (non-hydrogen) atoms. The summed E-state index contributed by atoms with van der Waals surface area (Å²) >= 11 is 6.11. The topological polar surface area (TPSA) is 65.4 Å². The SMILES string of the molecule is CN(Cc1cccnc1Cl)c1nccc(N2CCC[C@H](O)C2)n1. The van der Waals surface area contributed by atoms with Gasteiger partial charge < -0.3 is 14.9 Å². The molecule has 0 amide bonds. The van der Waals surface area contributed by atoms with Gasteiger partial charge in [0, 0.05) is 44.6 Å². The van der Waals surface area contributed by atoms with Gasteiger partial charge in [-0.2, -0.15) is 4.98 Å². The molecule has 1 fully saturated rings. The molecule has 0 saturated carbocycles. The highest BCUT2D eigenvalue weighted by Crippen LogP contribution is 2.21. The van der Waals surface area contributed by atoms with E-state index in [1.54, 1.807) is 12.4 Å². The molecule has 0 bridgehead atoms. The van der Waals surface area contributed by atoms with Crippen molar-refractivity contribution < 1.29 is 5.11 Å². The Kier molecular flexibility index (Phi) is 4.93. The van der Waals surface area contributed by atoms with E-state index in [-0.39, 0.29) is 6.10 Å². The summed E-state index contributed by atoms with van der Waals surface area (Å²) in [5, 5.41) is 10.3. The van der Waals surface area contributed by atoms with Crippen molar-refractivity contribution in [1.29, 1.82) is 0 Å². The number of nitrogens with zero attached hydrogens (tertiary/aromatic N) is 5. The van der Waals surface area contributed by atoms with Gasteiger partial charge in [-0.1, -0.05) is 17.7 Å². The maximum absolute atomic E-state index is 9.83. The zero-order valence-corrected chi connectivity index (χ0v) is 13.8. The summed E-state index contributed by atoms with van der Waals surface area (Å²) < 4.78 is 0. The van der Waals surface area contributed by atoms with Gasteiger partial charge in [-0.3, -0.25) is 0 Å². The van der Waals surface area contributed by atoms with Gasteiger partial charge in [0.15, 0.2) is 0 Å². The Balaban J connectivity index is 1.75. The number of hydrogen-bond donors (Lipinski definition) is 1. The quantitative estimate of drug-likeness (QED) is 0.865. The zero-order valence-electron chi connectivity index (χ0n) is 13.1. The zero-order chi connectivity index (χ0) is 16.2. The fourth-order valence-electron chi connectivity index (χ4n) is 2.73. The molecule has 2 aromatic heterocycles. The van der Waals surface area contributed by atoms with Gasteiger partial charge in [0.05, 0.1) is 6.10 Å². The summed E-state index contributed by atoms with van der Waals surface area (Å²) in [5.41, 5.74) is 0.930. The third-order valence-electron chi connectivity index (χ3n) is 3.93. The van der Waals surface area contributed by atoms with Crippen LogP contribution < -0.4 is 9.80 Å². The van der Waals surface area contributed by atoms with Crippen molar-refractivity contribution in [2.45, 2.75) is 25.5 Å². The van der Waals surface area contributed by atoms with Gasteiger partial charge in [0.25, 0.3) is 0 Å². The van der Waals surface area contributed by atoms with E-state index < -0.39 is 0 Å². The molecular weight excluding hydrogens is 314 g/mol. The van der Waals surface area contributed by atoms with Gasteiger partial charge in [0.1, 0.15) is 11.0 Å². The maximum atomic E-state index is 9.83. The highest BCUT2D eigenvalue weighted by molar-refractivity contribution is 6.30. The van der Waals surface area contributed by atoms with Crippen molar-refractivity contribution in [1.82, 2.24) is 15.0 Å². The highest BCUT2D eigenvalue weighted by atomic mass is 35.5. The molecule has 3 rings (SSSR count). The second kappa shape index (κ2) is 7.10. The molecule has 3 heterocycles. The standard InChI is InChI=1S/C16H20ClN5O/c1-21(10-12-4-2-7-18-15(12)17)16-19-8-6-14(20-16)22-9-3-5-13(23)11-22/h2,4,6-8,13,23H,3,5,9-11H2,1H3/t13-/m0/s1. The molecule has 7 heteroatoms. The van der Waals surface area contributed by atoms with Crippen LogP contribution in [-0.4, -0.2) is 46.3 Å². The molecule has 0 aromatic carbocycles. The van der Waals surface area contributed by atoms with Crippen LogP contribution in [0.2, 0.25) is 5.15 Å². The number of aliphatic hydroxyl groups excluding tert-OH is 1. The molecule has 0 aliphatic carbocycles. The first-order valence-electron chi connectivity index (χ1n) is 7.70. The van der Waals surface area contributed by atoms with Crippen LogP contribution in [0.25, 0.3) is 0 Å². The monoisotopic (exact) mass is 333 g/mol. The molecule has 122 valence electrons. The Morgan fingerprint density at radius 3 is 3.00 bits per heavy atom. The summed E-state index contributed by atoms with van der Waals surface area (Å²) in [4.78, 5) is 17.1. The van der Waals surface area contributed by atoms with E-state index in [2.05, 4.69) is 19.9 Å². The predicted octanol–water partition coefficient (Wildman–Crippen LogP) is 2.12. The van der Waals surface area contributed by atoms with Crippen LogP contribution in [-0.2, 0) is 6.54 Å². The number of aromatic nitrogens is 3. The Hall–Kier alpha value is -1.92. The van der Waals surface area contributed by atoms with Gasteiger partial charge in [0.2, 0.25) is 5.95 Å². The van der Waals surface area contributed by atoms with Gasteiger partial charge >= 0.3 is 0 Å². The molecule has 0 spiro atoms. The van der Waals surface area contributed by atoms with Crippen molar-refractivity contribution in [3.63, 3.8) is 0 Å². The minimum absolute atomic E-state index is 0.283. The molecule has 1 N–H and O–H groups in total. The van der Waals surface area contributed by atoms with E-state index in [1.807, 2.05) is 30.1 Å².